The Labute approximate surface area is 141 Å². The third-order valence-corrected chi connectivity index (χ3v) is 3.41. The first-order valence-electron chi connectivity index (χ1n) is 6.98. The zero-order chi connectivity index (χ0) is 17.9. The average Bonchev–Trinajstić information content (AvgIpc) is 2.89. The van der Waals surface area contributed by atoms with Crippen LogP contribution in [0.5, 0.6) is 0 Å². The van der Waals surface area contributed by atoms with Crippen LogP contribution in [0.2, 0.25) is 5.15 Å². The molecule has 2 aromatic rings. The molecule has 0 aromatic carbocycles. The molecule has 130 valence electrons. The van der Waals surface area contributed by atoms with Crippen LogP contribution < -0.4 is 4.90 Å². The van der Waals surface area contributed by atoms with E-state index in [1.165, 1.54) is 10.9 Å². The van der Waals surface area contributed by atoms with Crippen molar-refractivity contribution in [3.63, 3.8) is 0 Å². The number of rotatable bonds is 4. The van der Waals surface area contributed by atoms with E-state index < -0.39 is 18.8 Å². The van der Waals surface area contributed by atoms with Crippen molar-refractivity contribution in [2.45, 2.75) is 13.1 Å². The highest BCUT2D eigenvalue weighted by atomic mass is 35.5. The van der Waals surface area contributed by atoms with Crippen molar-refractivity contribution in [1.29, 1.82) is 0 Å². The van der Waals surface area contributed by atoms with E-state index in [1.807, 2.05) is 0 Å². The van der Waals surface area contributed by atoms with Gasteiger partial charge in [0.25, 0.3) is 0 Å². The van der Waals surface area contributed by atoms with Gasteiger partial charge in [-0.25, -0.2) is 9.48 Å². The van der Waals surface area contributed by atoms with E-state index in [0.29, 0.717) is 10.6 Å². The van der Waals surface area contributed by atoms with Crippen LogP contribution in [0.15, 0.2) is 30.7 Å². The summed E-state index contributed by atoms with van der Waals surface area (Å²) in [6.45, 7) is 0.424. The second-order valence-corrected chi connectivity index (χ2v) is 5.32. The Kier molecular flexibility index (Phi) is 5.33. The number of amides is 2. The molecule has 0 saturated heterocycles. The van der Waals surface area contributed by atoms with Gasteiger partial charge in [-0.15, -0.1) is 0 Å². The van der Waals surface area contributed by atoms with Gasteiger partial charge >= 0.3 is 12.2 Å². The first-order chi connectivity index (χ1) is 11.2. The fourth-order valence-corrected chi connectivity index (χ4v) is 2.33. The molecule has 0 saturated carbocycles. The number of alkyl halides is 3. The zero-order valence-corrected chi connectivity index (χ0v) is 13.7. The van der Waals surface area contributed by atoms with Crippen molar-refractivity contribution in [2.75, 3.05) is 25.0 Å². The Hall–Kier alpha value is -2.29. The molecule has 6 nitrogen and oxygen atoms in total. The molecular formula is C14H15ClF3N5O. The predicted molar refractivity (Wildman–Crippen MR) is 83.5 cm³/mol. The summed E-state index contributed by atoms with van der Waals surface area (Å²) in [5, 5.41) is 4.08. The lowest BCUT2D eigenvalue weighted by Crippen LogP contribution is -2.45. The smallest absolute Gasteiger partial charge is 0.318 e. The molecule has 2 rings (SSSR count). The largest absolute Gasteiger partial charge is 0.406 e. The zero-order valence-electron chi connectivity index (χ0n) is 13.0. The van der Waals surface area contributed by atoms with Gasteiger partial charge in [0.2, 0.25) is 0 Å². The Bertz CT molecular complexity index is 704. The maximum atomic E-state index is 12.5. The van der Waals surface area contributed by atoms with Gasteiger partial charge in [0, 0.05) is 19.8 Å². The maximum absolute atomic E-state index is 12.5. The van der Waals surface area contributed by atoms with Gasteiger partial charge in [-0.1, -0.05) is 11.6 Å². The molecule has 0 aliphatic rings. The van der Waals surface area contributed by atoms with Gasteiger partial charge in [0.1, 0.15) is 12.2 Å². The molecular weight excluding hydrogens is 347 g/mol. The van der Waals surface area contributed by atoms with Gasteiger partial charge in [-0.05, 0) is 19.1 Å². The fraction of sp³-hybridized carbons (Fsp3) is 0.357. The highest BCUT2D eigenvalue weighted by molar-refractivity contribution is 6.32. The van der Waals surface area contributed by atoms with Crippen molar-refractivity contribution >= 4 is 23.3 Å². The average molecular weight is 362 g/mol. The number of carbonyl (C=O) groups is 1. The van der Waals surface area contributed by atoms with Crippen LogP contribution in [0, 0.1) is 0 Å². The topological polar surface area (TPSA) is 54.3 Å². The normalized spacial score (nSPS) is 11.4. The molecule has 0 atom stereocenters. The van der Waals surface area contributed by atoms with Crippen LogP contribution >= 0.6 is 11.6 Å². The third-order valence-electron chi connectivity index (χ3n) is 3.14. The molecule has 0 aliphatic carbocycles. The minimum absolute atomic E-state index is 0.00876. The summed E-state index contributed by atoms with van der Waals surface area (Å²) in [6.07, 6.45) is 0.125. The number of carbonyl (C=O) groups excluding carboxylic acids is 1. The number of aromatic nitrogens is 3. The van der Waals surface area contributed by atoms with E-state index in [1.54, 1.807) is 31.5 Å². The molecule has 2 aromatic heterocycles. The SMILES string of the molecule is CCN(C(=O)N(C)CC(F)(F)F)c1cn(-c2cccnc2)nc1Cl. The predicted octanol–water partition coefficient (Wildman–Crippen LogP) is 3.36. The van der Waals surface area contributed by atoms with Crippen LogP contribution in [0.25, 0.3) is 5.69 Å². The van der Waals surface area contributed by atoms with Gasteiger partial charge in [-0.2, -0.15) is 18.3 Å². The number of anilines is 1. The number of hydrogen-bond donors (Lipinski definition) is 0. The Morgan fingerprint density at radius 1 is 1.42 bits per heavy atom. The Morgan fingerprint density at radius 2 is 2.12 bits per heavy atom. The van der Waals surface area contributed by atoms with E-state index in [0.717, 1.165) is 11.9 Å². The van der Waals surface area contributed by atoms with Gasteiger partial charge in [-0.3, -0.25) is 9.88 Å². The highest BCUT2D eigenvalue weighted by Gasteiger charge is 2.33. The van der Waals surface area contributed by atoms with E-state index in [4.69, 9.17) is 11.6 Å². The van der Waals surface area contributed by atoms with Crippen LogP contribution in [-0.4, -0.2) is 52.0 Å². The first-order valence-corrected chi connectivity index (χ1v) is 7.35. The summed E-state index contributed by atoms with van der Waals surface area (Å²) in [5.74, 6) is 0. The minimum Gasteiger partial charge on any atom is -0.318 e. The fourth-order valence-electron chi connectivity index (χ4n) is 2.10. The second-order valence-electron chi connectivity index (χ2n) is 4.96. The summed E-state index contributed by atoms with van der Waals surface area (Å²) < 4.78 is 38.8. The summed E-state index contributed by atoms with van der Waals surface area (Å²) in [6, 6.07) is 2.61. The quantitative estimate of drug-likeness (QED) is 0.839. The van der Waals surface area contributed by atoms with E-state index in [-0.39, 0.29) is 17.4 Å². The number of pyridine rings is 1. The molecule has 0 fully saturated rings. The lowest BCUT2D eigenvalue weighted by Gasteiger charge is -2.27. The van der Waals surface area contributed by atoms with Crippen LogP contribution in [0.4, 0.5) is 23.7 Å². The Balaban J connectivity index is 2.28. The second kappa shape index (κ2) is 7.08. The molecule has 10 heteroatoms. The highest BCUT2D eigenvalue weighted by Crippen LogP contribution is 2.27. The first kappa shape index (κ1) is 18.1. The van der Waals surface area contributed by atoms with E-state index >= 15 is 0 Å². The summed E-state index contributed by atoms with van der Waals surface area (Å²) in [5.41, 5.74) is 0.833. The molecule has 24 heavy (non-hydrogen) atoms. The lowest BCUT2D eigenvalue weighted by molar-refractivity contribution is -0.137. The monoisotopic (exact) mass is 361 g/mol. The van der Waals surface area contributed by atoms with Crippen LogP contribution in [0.3, 0.4) is 0 Å². The molecule has 0 bridgehead atoms. The standard InChI is InChI=1S/C14H15ClF3N5O/c1-3-22(13(24)21(2)9-14(16,17)18)11-8-23(20-12(11)15)10-5-4-6-19-7-10/h4-8H,3,9H2,1-2H3. The summed E-state index contributed by atoms with van der Waals surface area (Å²) >= 11 is 6.06. The maximum Gasteiger partial charge on any atom is 0.406 e. The number of urea groups is 1. The van der Waals surface area contributed by atoms with Crippen LogP contribution in [0.1, 0.15) is 6.92 Å². The van der Waals surface area contributed by atoms with E-state index in [9.17, 15) is 18.0 Å². The van der Waals surface area contributed by atoms with Gasteiger partial charge in [0.05, 0.1) is 18.1 Å². The Morgan fingerprint density at radius 3 is 2.67 bits per heavy atom. The summed E-state index contributed by atoms with van der Waals surface area (Å²) in [7, 11) is 1.08. The molecule has 0 unspecified atom stereocenters. The summed E-state index contributed by atoms with van der Waals surface area (Å²) in [4.78, 5) is 18.0. The van der Waals surface area contributed by atoms with Crippen molar-refractivity contribution in [3.05, 3.63) is 35.9 Å². The third kappa shape index (κ3) is 4.16. The van der Waals surface area contributed by atoms with Crippen molar-refractivity contribution < 1.29 is 18.0 Å². The van der Waals surface area contributed by atoms with Crippen molar-refractivity contribution in [1.82, 2.24) is 19.7 Å². The minimum atomic E-state index is -4.48. The molecule has 0 aliphatic heterocycles. The molecule has 0 N–H and O–H groups in total. The number of hydrogen-bond acceptors (Lipinski definition) is 3. The van der Waals surface area contributed by atoms with Gasteiger partial charge in [0.15, 0.2) is 5.15 Å². The van der Waals surface area contributed by atoms with Crippen molar-refractivity contribution in [2.24, 2.45) is 0 Å². The van der Waals surface area contributed by atoms with Gasteiger partial charge < -0.3 is 4.90 Å². The number of halogens is 4. The molecule has 0 radical (unpaired) electrons. The van der Waals surface area contributed by atoms with E-state index in [2.05, 4.69) is 10.1 Å². The molecule has 2 amide bonds. The van der Waals surface area contributed by atoms with Crippen LogP contribution in [-0.2, 0) is 0 Å². The lowest BCUT2D eigenvalue weighted by atomic mass is 10.4. The molecule has 2 heterocycles. The van der Waals surface area contributed by atoms with Crippen molar-refractivity contribution in [3.8, 4) is 5.69 Å². The molecule has 0 spiro atoms. The number of nitrogens with zero attached hydrogens (tertiary/aromatic N) is 5.